The normalized spacial score (nSPS) is 10.7. The fourth-order valence-electron chi connectivity index (χ4n) is 2.93. The first kappa shape index (κ1) is 15.1. The molecule has 23 heavy (non-hydrogen) atoms. The van der Waals surface area contributed by atoms with Gasteiger partial charge in [-0.2, -0.15) is 0 Å². The van der Waals surface area contributed by atoms with E-state index in [1.54, 1.807) is 0 Å². The summed E-state index contributed by atoms with van der Waals surface area (Å²) in [6, 6.07) is 19.8. The first-order chi connectivity index (χ1) is 11.2. The van der Waals surface area contributed by atoms with Crippen LogP contribution >= 0.6 is 0 Å². The molecule has 2 aromatic carbocycles. The molecule has 1 heterocycles. The van der Waals surface area contributed by atoms with Crippen LogP contribution in [0, 0.1) is 0 Å². The Kier molecular flexibility index (Phi) is 4.29. The second-order valence-corrected chi connectivity index (χ2v) is 5.52. The molecule has 3 nitrogen and oxygen atoms in total. The molecule has 0 saturated carbocycles. The fraction of sp³-hybridized carbons (Fsp3) is 0.150. The summed E-state index contributed by atoms with van der Waals surface area (Å²) in [6.07, 6.45) is 2.67. The monoisotopic (exact) mass is 305 g/mol. The number of nitrogens with zero attached hydrogens (tertiary/aromatic N) is 1. The number of hydrogen-bond donors (Lipinski definition) is 1. The number of benzene rings is 2. The van der Waals surface area contributed by atoms with E-state index in [9.17, 15) is 9.90 Å². The first-order valence-corrected chi connectivity index (χ1v) is 7.75. The number of aryl methyl sites for hydroxylation is 1. The predicted molar refractivity (Wildman–Crippen MR) is 91.7 cm³/mol. The van der Waals surface area contributed by atoms with Crippen molar-refractivity contribution >= 4 is 5.97 Å². The van der Waals surface area contributed by atoms with E-state index >= 15 is 0 Å². The zero-order chi connectivity index (χ0) is 16.2. The van der Waals surface area contributed by atoms with Crippen LogP contribution in [0.15, 0.2) is 66.9 Å². The Morgan fingerprint density at radius 3 is 2.17 bits per heavy atom. The largest absolute Gasteiger partial charge is 0.478 e. The van der Waals surface area contributed by atoms with Gasteiger partial charge < -0.3 is 9.67 Å². The van der Waals surface area contributed by atoms with Gasteiger partial charge >= 0.3 is 5.97 Å². The van der Waals surface area contributed by atoms with Gasteiger partial charge in [0.25, 0.3) is 0 Å². The lowest BCUT2D eigenvalue weighted by Crippen LogP contribution is -2.05. The number of carboxylic acid groups (broad SMARTS) is 1. The van der Waals surface area contributed by atoms with Crippen molar-refractivity contribution < 1.29 is 9.90 Å². The topological polar surface area (TPSA) is 42.2 Å². The highest BCUT2D eigenvalue weighted by molar-refractivity contribution is 5.97. The molecule has 0 aliphatic heterocycles. The van der Waals surface area contributed by atoms with E-state index in [4.69, 9.17) is 0 Å². The summed E-state index contributed by atoms with van der Waals surface area (Å²) in [5, 5.41) is 9.71. The first-order valence-electron chi connectivity index (χ1n) is 7.75. The van der Waals surface area contributed by atoms with E-state index in [1.165, 1.54) is 0 Å². The Bertz CT molecular complexity index is 804. The minimum atomic E-state index is -0.868. The van der Waals surface area contributed by atoms with Gasteiger partial charge in [-0.05, 0) is 23.1 Å². The van der Waals surface area contributed by atoms with Crippen LogP contribution in [-0.4, -0.2) is 15.6 Å². The second-order valence-electron chi connectivity index (χ2n) is 5.52. The molecular weight excluding hydrogens is 286 g/mol. The maximum Gasteiger partial charge on any atom is 0.338 e. The molecule has 1 aromatic heterocycles. The molecule has 0 saturated heterocycles. The molecule has 0 radical (unpaired) electrons. The molecule has 3 heteroatoms. The smallest absolute Gasteiger partial charge is 0.338 e. The van der Waals surface area contributed by atoms with Gasteiger partial charge in [-0.25, -0.2) is 4.79 Å². The highest BCUT2D eigenvalue weighted by Gasteiger charge is 2.21. The van der Waals surface area contributed by atoms with Gasteiger partial charge in [0.15, 0.2) is 0 Å². The third kappa shape index (κ3) is 3.04. The number of hydrogen-bond acceptors (Lipinski definition) is 1. The fourth-order valence-corrected chi connectivity index (χ4v) is 2.93. The van der Waals surface area contributed by atoms with Gasteiger partial charge in [0.05, 0.1) is 11.3 Å². The minimum Gasteiger partial charge on any atom is -0.478 e. The number of carboxylic acids is 1. The van der Waals surface area contributed by atoms with Crippen LogP contribution in [-0.2, 0) is 13.0 Å². The molecule has 0 bridgehead atoms. The van der Waals surface area contributed by atoms with Crippen LogP contribution in [0.25, 0.3) is 11.3 Å². The van der Waals surface area contributed by atoms with Crippen LogP contribution in [0.3, 0.4) is 0 Å². The zero-order valence-electron chi connectivity index (χ0n) is 13.1. The molecule has 116 valence electrons. The van der Waals surface area contributed by atoms with Crippen LogP contribution in [0.1, 0.15) is 28.4 Å². The zero-order valence-corrected chi connectivity index (χ0v) is 13.1. The van der Waals surface area contributed by atoms with Gasteiger partial charge in [0.1, 0.15) is 0 Å². The molecule has 3 rings (SSSR count). The van der Waals surface area contributed by atoms with Crippen molar-refractivity contribution in [2.45, 2.75) is 19.9 Å². The molecule has 0 aliphatic carbocycles. The summed E-state index contributed by atoms with van der Waals surface area (Å²) in [4.78, 5) is 11.8. The van der Waals surface area contributed by atoms with E-state index < -0.39 is 5.97 Å². The van der Waals surface area contributed by atoms with Gasteiger partial charge in [-0.1, -0.05) is 67.6 Å². The molecule has 0 atom stereocenters. The van der Waals surface area contributed by atoms with Crippen molar-refractivity contribution in [3.05, 3.63) is 83.6 Å². The van der Waals surface area contributed by atoms with Crippen molar-refractivity contribution in [3.8, 4) is 11.3 Å². The van der Waals surface area contributed by atoms with Gasteiger partial charge in [-0.3, -0.25) is 0 Å². The summed E-state index contributed by atoms with van der Waals surface area (Å²) in [5.41, 5.74) is 4.14. The second kappa shape index (κ2) is 6.53. The van der Waals surface area contributed by atoms with Crippen LogP contribution in [0.5, 0.6) is 0 Å². The minimum absolute atomic E-state index is 0.412. The lowest BCUT2D eigenvalue weighted by atomic mass is 10.0. The van der Waals surface area contributed by atoms with E-state index in [2.05, 4.69) is 12.1 Å². The Labute approximate surface area is 135 Å². The van der Waals surface area contributed by atoms with Crippen LogP contribution in [0.4, 0.5) is 0 Å². The maximum absolute atomic E-state index is 11.8. The maximum atomic E-state index is 11.8. The Balaban J connectivity index is 2.17. The highest BCUT2D eigenvalue weighted by atomic mass is 16.4. The van der Waals surface area contributed by atoms with E-state index in [1.807, 2.05) is 66.2 Å². The summed E-state index contributed by atoms with van der Waals surface area (Å²) >= 11 is 0. The Morgan fingerprint density at radius 1 is 1.00 bits per heavy atom. The third-order valence-corrected chi connectivity index (χ3v) is 3.99. The Hall–Kier alpha value is -2.81. The Morgan fingerprint density at radius 2 is 1.61 bits per heavy atom. The lowest BCUT2D eigenvalue weighted by molar-refractivity contribution is 0.0696. The summed E-state index contributed by atoms with van der Waals surface area (Å²) in [6.45, 7) is 2.65. The molecule has 3 aromatic rings. The van der Waals surface area contributed by atoms with Crippen molar-refractivity contribution in [1.29, 1.82) is 0 Å². The number of carbonyl (C=O) groups is 1. The SMILES string of the molecule is CCc1cn(Cc2ccccc2)c(-c2ccccc2)c1C(=O)O. The van der Waals surface area contributed by atoms with E-state index in [0.29, 0.717) is 18.5 Å². The average Bonchev–Trinajstić information content (AvgIpc) is 2.95. The van der Waals surface area contributed by atoms with E-state index in [0.717, 1.165) is 22.4 Å². The average molecular weight is 305 g/mol. The lowest BCUT2D eigenvalue weighted by Gasteiger charge is -2.11. The number of aromatic nitrogens is 1. The molecule has 0 aliphatic rings. The molecule has 1 N–H and O–H groups in total. The van der Waals surface area contributed by atoms with Gasteiger partial charge in [0.2, 0.25) is 0 Å². The molecule has 0 fully saturated rings. The van der Waals surface area contributed by atoms with Crippen LogP contribution in [0.2, 0.25) is 0 Å². The van der Waals surface area contributed by atoms with Crippen molar-refractivity contribution in [2.75, 3.05) is 0 Å². The molecule has 0 spiro atoms. The highest BCUT2D eigenvalue weighted by Crippen LogP contribution is 2.29. The standard InChI is InChI=1S/C20H19NO2/c1-2-16-14-21(13-15-9-5-3-6-10-15)19(18(16)20(22)23)17-11-7-4-8-12-17/h3-12,14H,2,13H2,1H3,(H,22,23). The quantitative estimate of drug-likeness (QED) is 0.756. The predicted octanol–water partition coefficient (Wildman–Crippen LogP) is 4.46. The third-order valence-electron chi connectivity index (χ3n) is 3.99. The molecule has 0 amide bonds. The summed E-state index contributed by atoms with van der Waals surface area (Å²) in [5.74, 6) is -0.868. The van der Waals surface area contributed by atoms with Crippen molar-refractivity contribution in [1.82, 2.24) is 4.57 Å². The number of aromatic carboxylic acids is 1. The van der Waals surface area contributed by atoms with Crippen molar-refractivity contribution in [3.63, 3.8) is 0 Å². The van der Waals surface area contributed by atoms with Gasteiger partial charge in [0, 0.05) is 12.7 Å². The summed E-state index contributed by atoms with van der Waals surface area (Å²) < 4.78 is 2.05. The van der Waals surface area contributed by atoms with E-state index in [-0.39, 0.29) is 0 Å². The van der Waals surface area contributed by atoms with Crippen LogP contribution < -0.4 is 0 Å². The van der Waals surface area contributed by atoms with Crippen molar-refractivity contribution in [2.24, 2.45) is 0 Å². The van der Waals surface area contributed by atoms with Gasteiger partial charge in [-0.15, -0.1) is 0 Å². The molecular formula is C20H19NO2. The number of rotatable bonds is 5. The molecule has 0 unspecified atom stereocenters. The summed E-state index contributed by atoms with van der Waals surface area (Å²) in [7, 11) is 0.